The van der Waals surface area contributed by atoms with Crippen molar-refractivity contribution < 1.29 is 4.79 Å². The number of allylic oxidation sites excluding steroid dienone is 10. The third-order valence-electron chi connectivity index (χ3n) is 6.00. The van der Waals surface area contributed by atoms with Crippen LogP contribution in [0.15, 0.2) is 127 Å². The smallest absolute Gasteiger partial charge is 0.251 e. The molecule has 0 unspecified atom stereocenters. The molecule has 176 valence electrons. The normalized spacial score (nSPS) is 19.5. The maximum Gasteiger partial charge on any atom is 0.251 e. The van der Waals surface area contributed by atoms with Gasteiger partial charge >= 0.3 is 0 Å². The van der Waals surface area contributed by atoms with Crippen LogP contribution in [0.4, 0.5) is 0 Å². The first-order valence-corrected chi connectivity index (χ1v) is 12.3. The van der Waals surface area contributed by atoms with Crippen molar-refractivity contribution in [3.63, 3.8) is 0 Å². The molecule has 0 atom stereocenters. The fourth-order valence-corrected chi connectivity index (χ4v) is 4.12. The number of fused-ring (bicyclic) bond motifs is 1. The van der Waals surface area contributed by atoms with E-state index in [0.29, 0.717) is 12.1 Å². The van der Waals surface area contributed by atoms with Crippen LogP contribution in [0.25, 0.3) is 22.0 Å². The van der Waals surface area contributed by atoms with Crippen molar-refractivity contribution in [2.75, 3.05) is 6.54 Å². The lowest BCUT2D eigenvalue weighted by atomic mass is 10.0. The molecular weight excluding hydrogens is 428 g/mol. The van der Waals surface area contributed by atoms with Crippen molar-refractivity contribution in [2.24, 2.45) is 0 Å². The average molecular weight is 461 g/mol. The van der Waals surface area contributed by atoms with Crippen LogP contribution >= 0.6 is 0 Å². The van der Waals surface area contributed by atoms with Crippen LogP contribution in [0.1, 0.15) is 18.9 Å². The van der Waals surface area contributed by atoms with Crippen LogP contribution in [0.2, 0.25) is 0 Å². The summed E-state index contributed by atoms with van der Waals surface area (Å²) in [6.07, 6.45) is 25.2. The van der Waals surface area contributed by atoms with Gasteiger partial charge in [0, 0.05) is 41.3 Å². The molecule has 4 rings (SSSR count). The molecule has 0 bridgehead atoms. The highest BCUT2D eigenvalue weighted by molar-refractivity contribution is 5.97. The van der Waals surface area contributed by atoms with E-state index in [1.54, 1.807) is 0 Å². The van der Waals surface area contributed by atoms with Gasteiger partial charge in [-0.25, -0.2) is 0 Å². The lowest BCUT2D eigenvalue weighted by Gasteiger charge is -2.08. The minimum Gasteiger partial charge on any atom is -0.352 e. The van der Waals surface area contributed by atoms with Gasteiger partial charge < -0.3 is 9.88 Å². The Kier molecular flexibility index (Phi) is 8.50. The number of aryl methyl sites for hydroxylation is 2. The van der Waals surface area contributed by atoms with Gasteiger partial charge in [0.05, 0.1) is 0 Å². The molecule has 1 aromatic heterocycles. The molecular formula is C32H32N2O. The van der Waals surface area contributed by atoms with Crippen molar-refractivity contribution in [2.45, 2.75) is 26.3 Å². The zero-order valence-corrected chi connectivity index (χ0v) is 20.2. The number of amides is 1. The van der Waals surface area contributed by atoms with Crippen LogP contribution in [-0.4, -0.2) is 17.0 Å². The molecule has 3 nitrogen and oxygen atoms in total. The number of carbonyl (C=O) groups excluding carboxylic acids is 1. The molecule has 3 aromatic rings. The molecule has 1 amide bonds. The largest absolute Gasteiger partial charge is 0.352 e. The predicted molar refractivity (Wildman–Crippen MR) is 148 cm³/mol. The van der Waals surface area contributed by atoms with E-state index in [2.05, 4.69) is 71.5 Å². The molecule has 0 spiro atoms. The Labute approximate surface area is 208 Å². The van der Waals surface area contributed by atoms with Crippen molar-refractivity contribution in [3.05, 3.63) is 133 Å². The summed E-state index contributed by atoms with van der Waals surface area (Å²) in [5.74, 6) is -0.0641. The number of carbonyl (C=O) groups is 1. The van der Waals surface area contributed by atoms with Gasteiger partial charge in [0.1, 0.15) is 0 Å². The maximum atomic E-state index is 12.8. The topological polar surface area (TPSA) is 34.0 Å². The summed E-state index contributed by atoms with van der Waals surface area (Å²) in [6, 6.07) is 17.3. The van der Waals surface area contributed by atoms with Gasteiger partial charge in [-0.15, -0.1) is 0 Å². The van der Waals surface area contributed by atoms with E-state index in [1.807, 2.05) is 66.8 Å². The molecule has 0 saturated heterocycles. The predicted octanol–water partition coefficient (Wildman–Crippen LogP) is 7.10. The molecule has 0 aliphatic heterocycles. The van der Waals surface area contributed by atoms with Gasteiger partial charge in [-0.2, -0.15) is 0 Å². The first-order chi connectivity index (χ1) is 17.3. The number of nitrogens with one attached hydrogen (secondary N) is 1. The third kappa shape index (κ3) is 6.48. The van der Waals surface area contributed by atoms with E-state index in [4.69, 9.17) is 0 Å². The van der Waals surface area contributed by atoms with Crippen molar-refractivity contribution in [1.29, 1.82) is 0 Å². The SMILES string of the molecule is CCc1ccc2c(c1)c(-c1ccccc1)cn2CCCNC(=O)C1=C/C=C\C=C/C=C\C=C/C=C\1. The number of hydrogen-bond donors (Lipinski definition) is 1. The Balaban J connectivity index is 1.44. The van der Waals surface area contributed by atoms with E-state index < -0.39 is 0 Å². The quantitative estimate of drug-likeness (QED) is 0.375. The molecule has 3 heteroatoms. The molecule has 1 N–H and O–H groups in total. The molecule has 1 aliphatic rings. The van der Waals surface area contributed by atoms with Crippen LogP contribution < -0.4 is 5.32 Å². The Morgan fingerprint density at radius 2 is 1.57 bits per heavy atom. The first-order valence-electron chi connectivity index (χ1n) is 12.3. The van der Waals surface area contributed by atoms with E-state index in [-0.39, 0.29) is 5.91 Å². The number of nitrogens with zero attached hydrogens (tertiary/aromatic N) is 1. The summed E-state index contributed by atoms with van der Waals surface area (Å²) in [4.78, 5) is 12.8. The second-order valence-electron chi connectivity index (χ2n) is 8.44. The molecule has 1 heterocycles. The molecule has 0 radical (unpaired) electrons. The number of hydrogen-bond acceptors (Lipinski definition) is 1. The van der Waals surface area contributed by atoms with Gasteiger partial charge in [0.25, 0.3) is 5.91 Å². The van der Waals surface area contributed by atoms with Gasteiger partial charge in [0.2, 0.25) is 0 Å². The van der Waals surface area contributed by atoms with Crippen LogP contribution in [0.5, 0.6) is 0 Å². The highest BCUT2D eigenvalue weighted by atomic mass is 16.1. The Morgan fingerprint density at radius 3 is 2.31 bits per heavy atom. The van der Waals surface area contributed by atoms with Gasteiger partial charge in [-0.1, -0.05) is 98.0 Å². The second kappa shape index (κ2) is 12.4. The highest BCUT2D eigenvalue weighted by Crippen LogP contribution is 2.31. The minimum atomic E-state index is -0.0641. The zero-order valence-electron chi connectivity index (χ0n) is 20.2. The molecule has 0 saturated carbocycles. The monoisotopic (exact) mass is 460 g/mol. The Hall–Kier alpha value is -4.11. The van der Waals surface area contributed by atoms with Crippen LogP contribution in [0.3, 0.4) is 0 Å². The third-order valence-corrected chi connectivity index (χ3v) is 6.00. The summed E-state index contributed by atoms with van der Waals surface area (Å²) < 4.78 is 2.31. The molecule has 1 aliphatic carbocycles. The standard InChI is InChI=1S/C32H32N2O/c1-2-26-20-21-31-29(24-26)30(27-16-13-10-14-17-27)25-34(31)23-15-22-33-32(35)28-18-11-8-6-4-3-5-7-9-12-19-28/h3-14,16-21,24-25H,2,15,22-23H2,1H3,(H,33,35)/b4-3-,5-3?,6-4?,7-5-,8-6-,9-7?,11-8?,12-9-,18-11-,19-12?,28-18?,28-19+. The maximum absolute atomic E-state index is 12.8. The van der Waals surface area contributed by atoms with Crippen molar-refractivity contribution in [1.82, 2.24) is 9.88 Å². The van der Waals surface area contributed by atoms with Crippen molar-refractivity contribution in [3.8, 4) is 11.1 Å². The number of rotatable bonds is 7. The Morgan fingerprint density at radius 1 is 0.857 bits per heavy atom. The molecule has 2 aromatic carbocycles. The summed E-state index contributed by atoms with van der Waals surface area (Å²) in [5.41, 5.74) is 5.69. The fourth-order valence-electron chi connectivity index (χ4n) is 4.12. The first kappa shape index (κ1) is 24.0. The van der Waals surface area contributed by atoms with Gasteiger partial charge in [0.15, 0.2) is 0 Å². The summed E-state index contributed by atoms with van der Waals surface area (Å²) in [6.45, 7) is 3.64. The van der Waals surface area contributed by atoms with E-state index in [9.17, 15) is 4.79 Å². The fraction of sp³-hybridized carbons (Fsp3) is 0.156. The highest BCUT2D eigenvalue weighted by Gasteiger charge is 2.11. The number of benzene rings is 2. The Bertz CT molecular complexity index is 1330. The van der Waals surface area contributed by atoms with Gasteiger partial charge in [-0.05, 0) is 48.3 Å². The van der Waals surface area contributed by atoms with Crippen LogP contribution in [0, 0.1) is 0 Å². The lowest BCUT2D eigenvalue weighted by Crippen LogP contribution is -2.26. The van der Waals surface area contributed by atoms with Crippen LogP contribution in [-0.2, 0) is 17.8 Å². The zero-order chi connectivity index (χ0) is 24.3. The average Bonchev–Trinajstić information content (AvgIpc) is 3.25. The van der Waals surface area contributed by atoms with Gasteiger partial charge in [-0.3, -0.25) is 4.79 Å². The minimum absolute atomic E-state index is 0.0641. The number of aromatic nitrogens is 1. The molecule has 35 heavy (non-hydrogen) atoms. The summed E-state index contributed by atoms with van der Waals surface area (Å²) in [5, 5.41) is 4.36. The summed E-state index contributed by atoms with van der Waals surface area (Å²) >= 11 is 0. The van der Waals surface area contributed by atoms with E-state index in [1.165, 1.54) is 27.6 Å². The van der Waals surface area contributed by atoms with E-state index in [0.717, 1.165) is 19.4 Å². The molecule has 0 fully saturated rings. The lowest BCUT2D eigenvalue weighted by molar-refractivity contribution is -0.117. The second-order valence-corrected chi connectivity index (χ2v) is 8.44. The van der Waals surface area contributed by atoms with E-state index >= 15 is 0 Å². The summed E-state index contributed by atoms with van der Waals surface area (Å²) in [7, 11) is 0. The van der Waals surface area contributed by atoms with Crippen molar-refractivity contribution >= 4 is 16.8 Å².